The van der Waals surface area contributed by atoms with Gasteiger partial charge in [-0.05, 0) is 44.0 Å². The van der Waals surface area contributed by atoms with Gasteiger partial charge in [0.25, 0.3) is 5.91 Å². The predicted molar refractivity (Wildman–Crippen MR) is 97.1 cm³/mol. The Morgan fingerprint density at radius 3 is 2.64 bits per heavy atom. The Balaban J connectivity index is 2.72. The second-order valence-electron chi connectivity index (χ2n) is 5.55. The van der Waals surface area contributed by atoms with E-state index in [9.17, 15) is 9.59 Å². The highest BCUT2D eigenvalue weighted by molar-refractivity contribution is 6.32. The summed E-state index contributed by atoms with van der Waals surface area (Å²) >= 11 is 6.21. The van der Waals surface area contributed by atoms with E-state index in [2.05, 4.69) is 5.32 Å². The highest BCUT2D eigenvalue weighted by atomic mass is 35.5. The van der Waals surface area contributed by atoms with Crippen molar-refractivity contribution < 1.29 is 23.8 Å². The molecule has 1 aromatic carbocycles. The average Bonchev–Trinajstić information content (AvgIpc) is 2.56. The number of esters is 1. The Kier molecular flexibility index (Phi) is 8.84. The van der Waals surface area contributed by atoms with Crippen LogP contribution in [0.1, 0.15) is 32.8 Å². The molecule has 0 spiro atoms. The average molecular weight is 370 g/mol. The summed E-state index contributed by atoms with van der Waals surface area (Å²) in [6, 6.07) is 3.35. The maximum absolute atomic E-state index is 11.7. The molecule has 0 saturated carbocycles. The van der Waals surface area contributed by atoms with Gasteiger partial charge >= 0.3 is 5.97 Å². The normalized spacial score (nSPS) is 10.8. The fourth-order valence-corrected chi connectivity index (χ4v) is 2.17. The number of hydrogen-bond acceptors (Lipinski definition) is 5. The van der Waals surface area contributed by atoms with Gasteiger partial charge in [0.1, 0.15) is 0 Å². The summed E-state index contributed by atoms with van der Waals surface area (Å²) in [6.45, 7) is 5.84. The maximum atomic E-state index is 11.7. The fourth-order valence-electron chi connectivity index (χ4n) is 1.89. The van der Waals surface area contributed by atoms with E-state index >= 15 is 0 Å². The van der Waals surface area contributed by atoms with Crippen LogP contribution >= 0.6 is 11.6 Å². The van der Waals surface area contributed by atoms with Crippen LogP contribution in [0.15, 0.2) is 18.2 Å². The lowest BCUT2D eigenvalue weighted by Crippen LogP contribution is -2.33. The smallest absolute Gasteiger partial charge is 0.331 e. The van der Waals surface area contributed by atoms with Gasteiger partial charge in [0.15, 0.2) is 18.1 Å². The summed E-state index contributed by atoms with van der Waals surface area (Å²) in [5, 5.41) is 3.02. The zero-order valence-corrected chi connectivity index (χ0v) is 15.7. The molecule has 0 radical (unpaired) electrons. The molecular weight excluding hydrogens is 346 g/mol. The van der Waals surface area contributed by atoms with Crippen molar-refractivity contribution in [2.24, 2.45) is 0 Å². The minimum atomic E-state index is -0.625. The predicted octanol–water partition coefficient (Wildman–Crippen LogP) is 3.22. The van der Waals surface area contributed by atoms with Crippen molar-refractivity contribution in [1.29, 1.82) is 0 Å². The first-order valence-electron chi connectivity index (χ1n) is 8.01. The van der Waals surface area contributed by atoms with Crippen molar-refractivity contribution in [3.05, 3.63) is 28.8 Å². The second kappa shape index (κ2) is 10.6. The van der Waals surface area contributed by atoms with E-state index in [-0.39, 0.29) is 18.6 Å². The Labute approximate surface area is 153 Å². The third-order valence-electron chi connectivity index (χ3n) is 2.91. The molecule has 0 unspecified atom stereocenters. The van der Waals surface area contributed by atoms with Gasteiger partial charge in [-0.15, -0.1) is 0 Å². The summed E-state index contributed by atoms with van der Waals surface area (Å²) in [6.07, 6.45) is 3.60. The quantitative estimate of drug-likeness (QED) is 0.534. The number of halogens is 1. The molecule has 0 aliphatic heterocycles. The lowest BCUT2D eigenvalue weighted by molar-refractivity contribution is -0.143. The van der Waals surface area contributed by atoms with E-state index in [0.29, 0.717) is 28.7 Å². The zero-order chi connectivity index (χ0) is 18.8. The van der Waals surface area contributed by atoms with E-state index in [4.69, 9.17) is 25.8 Å². The van der Waals surface area contributed by atoms with Crippen molar-refractivity contribution in [2.75, 3.05) is 20.3 Å². The van der Waals surface area contributed by atoms with Gasteiger partial charge in [0.2, 0.25) is 0 Å². The van der Waals surface area contributed by atoms with E-state index in [1.807, 2.05) is 20.8 Å². The minimum absolute atomic E-state index is 0.00945. The molecule has 0 aliphatic carbocycles. The Bertz CT molecular complexity index is 628. The molecule has 6 nitrogen and oxygen atoms in total. The van der Waals surface area contributed by atoms with Crippen molar-refractivity contribution in [2.45, 2.75) is 33.2 Å². The van der Waals surface area contributed by atoms with Crippen LogP contribution in [0.4, 0.5) is 0 Å². The Morgan fingerprint density at radius 2 is 2.04 bits per heavy atom. The summed E-state index contributed by atoms with van der Waals surface area (Å²) in [5.41, 5.74) is 0.647. The first kappa shape index (κ1) is 20.8. The SMILES string of the molecule is CCCOc1c(Cl)cc(/C=C/C(=O)OCC(=O)NC(C)C)cc1OC. The summed E-state index contributed by atoms with van der Waals surface area (Å²) in [5.74, 6) is -0.0272. The van der Waals surface area contributed by atoms with Crippen LogP contribution < -0.4 is 14.8 Å². The molecule has 1 N–H and O–H groups in total. The van der Waals surface area contributed by atoms with Gasteiger partial charge in [-0.1, -0.05) is 18.5 Å². The van der Waals surface area contributed by atoms with Gasteiger partial charge in [-0.3, -0.25) is 4.79 Å². The topological polar surface area (TPSA) is 73.9 Å². The van der Waals surface area contributed by atoms with E-state index in [1.54, 1.807) is 12.1 Å². The van der Waals surface area contributed by atoms with Crippen LogP contribution in [0.5, 0.6) is 11.5 Å². The number of carbonyl (C=O) groups is 2. The van der Waals surface area contributed by atoms with Gasteiger partial charge in [-0.2, -0.15) is 0 Å². The lowest BCUT2D eigenvalue weighted by Gasteiger charge is -2.12. The molecule has 0 aromatic heterocycles. The van der Waals surface area contributed by atoms with Crippen LogP contribution in [-0.2, 0) is 14.3 Å². The fraction of sp³-hybridized carbons (Fsp3) is 0.444. The monoisotopic (exact) mass is 369 g/mol. The largest absolute Gasteiger partial charge is 0.493 e. The van der Waals surface area contributed by atoms with Crippen molar-refractivity contribution >= 4 is 29.6 Å². The zero-order valence-electron chi connectivity index (χ0n) is 14.9. The van der Waals surface area contributed by atoms with Crippen LogP contribution in [0.2, 0.25) is 5.02 Å². The highest BCUT2D eigenvalue weighted by Crippen LogP contribution is 2.36. The van der Waals surface area contributed by atoms with Crippen molar-refractivity contribution in [3.8, 4) is 11.5 Å². The molecule has 1 amide bonds. The second-order valence-corrected chi connectivity index (χ2v) is 5.95. The summed E-state index contributed by atoms with van der Waals surface area (Å²) in [7, 11) is 1.51. The molecule has 0 saturated heterocycles. The van der Waals surface area contributed by atoms with Gasteiger partial charge in [0, 0.05) is 12.1 Å². The number of rotatable bonds is 9. The lowest BCUT2D eigenvalue weighted by atomic mass is 10.2. The third-order valence-corrected chi connectivity index (χ3v) is 3.19. The molecule has 1 aromatic rings. The molecule has 0 aliphatic rings. The number of methoxy groups -OCH3 is 1. The number of carbonyl (C=O) groups excluding carboxylic acids is 2. The van der Waals surface area contributed by atoms with E-state index in [1.165, 1.54) is 19.3 Å². The van der Waals surface area contributed by atoms with Gasteiger partial charge in [-0.25, -0.2) is 4.79 Å². The van der Waals surface area contributed by atoms with Crippen LogP contribution in [0, 0.1) is 0 Å². The van der Waals surface area contributed by atoms with Gasteiger partial charge in [0.05, 0.1) is 18.7 Å². The number of amides is 1. The first-order valence-corrected chi connectivity index (χ1v) is 8.39. The molecule has 0 heterocycles. The molecular formula is C18H24ClNO5. The molecule has 25 heavy (non-hydrogen) atoms. The number of hydrogen-bond donors (Lipinski definition) is 1. The molecule has 0 fully saturated rings. The van der Waals surface area contributed by atoms with Crippen molar-refractivity contribution in [3.63, 3.8) is 0 Å². The third kappa shape index (κ3) is 7.47. The van der Waals surface area contributed by atoms with E-state index < -0.39 is 5.97 Å². The van der Waals surface area contributed by atoms with Gasteiger partial charge < -0.3 is 19.5 Å². The Hall–Kier alpha value is -2.21. The summed E-state index contributed by atoms with van der Waals surface area (Å²) in [4.78, 5) is 23.1. The van der Waals surface area contributed by atoms with Crippen LogP contribution in [0.25, 0.3) is 6.08 Å². The van der Waals surface area contributed by atoms with Crippen molar-refractivity contribution in [1.82, 2.24) is 5.32 Å². The number of benzene rings is 1. The molecule has 0 atom stereocenters. The molecule has 138 valence electrons. The van der Waals surface area contributed by atoms with Crippen LogP contribution in [0.3, 0.4) is 0 Å². The minimum Gasteiger partial charge on any atom is -0.493 e. The molecule has 1 rings (SSSR count). The Morgan fingerprint density at radius 1 is 1.32 bits per heavy atom. The maximum Gasteiger partial charge on any atom is 0.331 e. The van der Waals surface area contributed by atoms with E-state index in [0.717, 1.165) is 6.42 Å². The summed E-state index contributed by atoms with van der Waals surface area (Å²) < 4.78 is 15.7. The highest BCUT2D eigenvalue weighted by Gasteiger charge is 2.11. The molecule has 7 heteroatoms. The number of nitrogens with one attached hydrogen (secondary N) is 1. The standard InChI is InChI=1S/C18H24ClNO5/c1-5-8-24-18-14(19)9-13(10-15(18)23-4)6-7-17(22)25-11-16(21)20-12(2)3/h6-7,9-10,12H,5,8,11H2,1-4H3,(H,20,21)/b7-6+. The van der Waals surface area contributed by atoms with Crippen LogP contribution in [-0.4, -0.2) is 38.2 Å². The first-order chi connectivity index (χ1) is 11.9. The number of ether oxygens (including phenoxy) is 3. The molecule has 0 bridgehead atoms.